The third kappa shape index (κ3) is 8.76. The SMILES string of the molecule is ClCCCCCCCCCCCCc1ccccc1Oc1ccccc1. The summed E-state index contributed by atoms with van der Waals surface area (Å²) in [5.41, 5.74) is 1.32. The van der Waals surface area contributed by atoms with Gasteiger partial charge < -0.3 is 4.74 Å². The maximum atomic E-state index is 6.05. The van der Waals surface area contributed by atoms with Crippen LogP contribution in [-0.4, -0.2) is 5.88 Å². The van der Waals surface area contributed by atoms with Crippen molar-refractivity contribution in [1.82, 2.24) is 0 Å². The Morgan fingerprint density at radius 3 is 1.77 bits per heavy atom. The van der Waals surface area contributed by atoms with E-state index in [1.807, 2.05) is 30.3 Å². The normalized spacial score (nSPS) is 10.8. The molecule has 0 saturated heterocycles. The molecule has 0 aliphatic carbocycles. The third-order valence-corrected chi connectivity index (χ3v) is 5.04. The lowest BCUT2D eigenvalue weighted by molar-refractivity contribution is 0.474. The maximum absolute atomic E-state index is 6.05. The fourth-order valence-corrected chi connectivity index (χ4v) is 3.44. The van der Waals surface area contributed by atoms with Gasteiger partial charge in [0.05, 0.1) is 0 Å². The Hall–Kier alpha value is -1.47. The van der Waals surface area contributed by atoms with Gasteiger partial charge in [-0.15, -0.1) is 11.6 Å². The molecule has 2 aromatic rings. The second kappa shape index (κ2) is 13.7. The number of para-hydroxylation sites is 2. The number of unbranched alkanes of at least 4 members (excludes halogenated alkanes) is 9. The minimum atomic E-state index is 0.819. The first kappa shape index (κ1) is 20.8. The predicted molar refractivity (Wildman–Crippen MR) is 114 cm³/mol. The second-order valence-electron chi connectivity index (χ2n) is 7.00. The van der Waals surface area contributed by atoms with Gasteiger partial charge in [0.15, 0.2) is 0 Å². The molecule has 0 spiro atoms. The molecule has 2 aromatic carbocycles. The summed E-state index contributed by atoms with van der Waals surface area (Å²) in [6.07, 6.45) is 14.3. The fraction of sp³-hybridized carbons (Fsp3) is 0.500. The lowest BCUT2D eigenvalue weighted by Crippen LogP contribution is -1.92. The van der Waals surface area contributed by atoms with Crippen LogP contribution >= 0.6 is 11.6 Å². The Labute approximate surface area is 164 Å². The van der Waals surface area contributed by atoms with Crippen molar-refractivity contribution in [2.75, 3.05) is 5.88 Å². The van der Waals surface area contributed by atoms with E-state index in [1.165, 1.54) is 69.8 Å². The summed E-state index contributed by atoms with van der Waals surface area (Å²) in [5, 5.41) is 0. The largest absolute Gasteiger partial charge is 0.457 e. The van der Waals surface area contributed by atoms with Gasteiger partial charge in [-0.1, -0.05) is 87.8 Å². The Bertz CT molecular complexity index is 582. The van der Waals surface area contributed by atoms with E-state index >= 15 is 0 Å². The molecule has 142 valence electrons. The predicted octanol–water partition coefficient (Wildman–Crippen LogP) is 8.16. The van der Waals surface area contributed by atoms with Gasteiger partial charge in [-0.25, -0.2) is 0 Å². The number of benzene rings is 2. The quantitative estimate of drug-likeness (QED) is 0.240. The molecule has 1 nitrogen and oxygen atoms in total. The minimum absolute atomic E-state index is 0.819. The number of ether oxygens (including phenoxy) is 1. The van der Waals surface area contributed by atoms with Crippen molar-refractivity contribution in [3.05, 3.63) is 60.2 Å². The van der Waals surface area contributed by atoms with Gasteiger partial charge in [-0.05, 0) is 43.0 Å². The van der Waals surface area contributed by atoms with E-state index in [9.17, 15) is 0 Å². The Morgan fingerprint density at radius 1 is 0.577 bits per heavy atom. The van der Waals surface area contributed by atoms with Crippen molar-refractivity contribution in [2.45, 2.75) is 70.6 Å². The van der Waals surface area contributed by atoms with Crippen LogP contribution < -0.4 is 4.74 Å². The van der Waals surface area contributed by atoms with Crippen molar-refractivity contribution in [3.8, 4) is 11.5 Å². The van der Waals surface area contributed by atoms with Crippen molar-refractivity contribution >= 4 is 11.6 Å². The minimum Gasteiger partial charge on any atom is -0.457 e. The molecule has 2 rings (SSSR count). The third-order valence-electron chi connectivity index (χ3n) is 4.77. The molecule has 0 aliphatic heterocycles. The summed E-state index contributed by atoms with van der Waals surface area (Å²) in [6.45, 7) is 0. The smallest absolute Gasteiger partial charge is 0.130 e. The van der Waals surface area contributed by atoms with Gasteiger partial charge in [0, 0.05) is 5.88 Å². The molecule has 0 fully saturated rings. The summed E-state index contributed by atoms with van der Waals surface area (Å²) >= 11 is 5.70. The molecule has 0 unspecified atom stereocenters. The number of hydrogen-bond donors (Lipinski definition) is 0. The first-order chi connectivity index (χ1) is 12.9. The number of aryl methyl sites for hydroxylation is 1. The Kier molecular flexibility index (Phi) is 11.0. The highest BCUT2D eigenvalue weighted by atomic mass is 35.5. The molecule has 0 saturated carbocycles. The summed E-state index contributed by atoms with van der Waals surface area (Å²) in [6, 6.07) is 18.5. The van der Waals surface area contributed by atoms with Crippen molar-refractivity contribution in [1.29, 1.82) is 0 Å². The molecule has 0 N–H and O–H groups in total. The zero-order chi connectivity index (χ0) is 18.3. The van der Waals surface area contributed by atoms with Crippen molar-refractivity contribution < 1.29 is 4.74 Å². The number of halogens is 1. The van der Waals surface area contributed by atoms with Gasteiger partial charge in [0.25, 0.3) is 0 Å². The van der Waals surface area contributed by atoms with E-state index in [-0.39, 0.29) is 0 Å². The summed E-state index contributed by atoms with van der Waals surface area (Å²) in [5.74, 6) is 2.72. The number of alkyl halides is 1. The highest BCUT2D eigenvalue weighted by molar-refractivity contribution is 6.17. The van der Waals surface area contributed by atoms with E-state index in [0.717, 1.165) is 23.8 Å². The lowest BCUT2D eigenvalue weighted by Gasteiger charge is -2.11. The van der Waals surface area contributed by atoms with E-state index < -0.39 is 0 Å². The van der Waals surface area contributed by atoms with Crippen LogP contribution in [0.2, 0.25) is 0 Å². The molecule has 0 bridgehead atoms. The van der Waals surface area contributed by atoms with E-state index in [1.54, 1.807) is 0 Å². The zero-order valence-corrected chi connectivity index (χ0v) is 16.7. The van der Waals surface area contributed by atoms with E-state index in [4.69, 9.17) is 16.3 Å². The van der Waals surface area contributed by atoms with Crippen LogP contribution in [0.3, 0.4) is 0 Å². The number of hydrogen-bond acceptors (Lipinski definition) is 1. The average Bonchev–Trinajstić information content (AvgIpc) is 2.68. The molecule has 0 aliphatic rings. The van der Waals surface area contributed by atoms with Crippen molar-refractivity contribution in [2.24, 2.45) is 0 Å². The van der Waals surface area contributed by atoms with Crippen LogP contribution in [0, 0.1) is 0 Å². The molecule has 0 atom stereocenters. The molecular weight excluding hydrogens is 340 g/mol. The maximum Gasteiger partial charge on any atom is 0.130 e. The highest BCUT2D eigenvalue weighted by Crippen LogP contribution is 2.26. The molecule has 2 heteroatoms. The van der Waals surface area contributed by atoms with Crippen LogP contribution in [0.15, 0.2) is 54.6 Å². The van der Waals surface area contributed by atoms with Crippen LogP contribution in [0.4, 0.5) is 0 Å². The van der Waals surface area contributed by atoms with Crippen LogP contribution in [0.1, 0.15) is 69.8 Å². The molecule has 0 heterocycles. The summed E-state index contributed by atoms with van der Waals surface area (Å²) < 4.78 is 6.05. The topological polar surface area (TPSA) is 9.23 Å². The fourth-order valence-electron chi connectivity index (χ4n) is 3.25. The van der Waals surface area contributed by atoms with Crippen molar-refractivity contribution in [3.63, 3.8) is 0 Å². The molecule has 26 heavy (non-hydrogen) atoms. The molecule has 0 amide bonds. The first-order valence-corrected chi connectivity index (χ1v) is 10.8. The molecular formula is C24H33ClO. The zero-order valence-electron chi connectivity index (χ0n) is 16.0. The molecule has 0 aromatic heterocycles. The summed E-state index contributed by atoms with van der Waals surface area (Å²) in [4.78, 5) is 0. The van der Waals surface area contributed by atoms with Crippen LogP contribution in [0.5, 0.6) is 11.5 Å². The van der Waals surface area contributed by atoms with Gasteiger partial charge >= 0.3 is 0 Å². The monoisotopic (exact) mass is 372 g/mol. The average molecular weight is 373 g/mol. The van der Waals surface area contributed by atoms with E-state index in [2.05, 4.69) is 24.3 Å². The highest BCUT2D eigenvalue weighted by Gasteiger charge is 2.04. The molecule has 0 radical (unpaired) electrons. The van der Waals surface area contributed by atoms with Gasteiger partial charge in [0.2, 0.25) is 0 Å². The van der Waals surface area contributed by atoms with E-state index in [0.29, 0.717) is 0 Å². The van der Waals surface area contributed by atoms with Crippen LogP contribution in [-0.2, 0) is 6.42 Å². The first-order valence-electron chi connectivity index (χ1n) is 10.3. The Morgan fingerprint density at radius 2 is 1.12 bits per heavy atom. The summed E-state index contributed by atoms with van der Waals surface area (Å²) in [7, 11) is 0. The van der Waals surface area contributed by atoms with Gasteiger partial charge in [-0.3, -0.25) is 0 Å². The number of rotatable bonds is 14. The second-order valence-corrected chi connectivity index (χ2v) is 7.38. The van der Waals surface area contributed by atoms with Gasteiger partial charge in [0.1, 0.15) is 11.5 Å². The Balaban J connectivity index is 1.58. The van der Waals surface area contributed by atoms with Gasteiger partial charge in [-0.2, -0.15) is 0 Å². The lowest BCUT2D eigenvalue weighted by atomic mass is 10.0. The standard InChI is InChI=1S/C24H33ClO/c25-21-15-8-6-4-2-1-3-5-7-10-16-22-17-13-14-20-24(22)26-23-18-11-9-12-19-23/h9,11-14,17-20H,1-8,10,15-16,21H2. The van der Waals surface area contributed by atoms with Crippen LogP contribution in [0.25, 0.3) is 0 Å².